The quantitative estimate of drug-likeness (QED) is 0.707. The van der Waals surface area contributed by atoms with Gasteiger partial charge in [-0.1, -0.05) is 23.5 Å². The zero-order valence-corrected chi connectivity index (χ0v) is 15.3. The van der Waals surface area contributed by atoms with Crippen LogP contribution in [-0.4, -0.2) is 23.9 Å². The summed E-state index contributed by atoms with van der Waals surface area (Å²) in [6, 6.07) is 11.5. The Bertz CT molecular complexity index is 1050. The third kappa shape index (κ3) is 3.17. The van der Waals surface area contributed by atoms with Crippen molar-refractivity contribution in [2.45, 2.75) is 20.4 Å². The maximum Gasteiger partial charge on any atom is 0.286 e. The van der Waals surface area contributed by atoms with Crippen molar-refractivity contribution in [2.24, 2.45) is 4.99 Å². The summed E-state index contributed by atoms with van der Waals surface area (Å²) in [7, 11) is 0. The van der Waals surface area contributed by atoms with E-state index in [0.717, 1.165) is 27.3 Å². The van der Waals surface area contributed by atoms with Gasteiger partial charge in [0.25, 0.3) is 5.91 Å². The molecule has 0 saturated heterocycles. The van der Waals surface area contributed by atoms with Crippen molar-refractivity contribution in [1.82, 2.24) is 4.57 Å². The van der Waals surface area contributed by atoms with E-state index in [2.05, 4.69) is 4.99 Å². The topological polar surface area (TPSA) is 62.1 Å². The summed E-state index contributed by atoms with van der Waals surface area (Å²) in [5, 5.41) is 0. The van der Waals surface area contributed by atoms with Crippen LogP contribution in [0.1, 0.15) is 12.5 Å². The van der Waals surface area contributed by atoms with E-state index in [1.165, 1.54) is 11.3 Å². The summed E-state index contributed by atoms with van der Waals surface area (Å²) < 4.78 is 19.4. The van der Waals surface area contributed by atoms with Crippen molar-refractivity contribution < 1.29 is 19.0 Å². The minimum atomic E-state index is -0.319. The van der Waals surface area contributed by atoms with Crippen LogP contribution in [-0.2, 0) is 11.3 Å². The zero-order chi connectivity index (χ0) is 18.1. The second-order valence-electron chi connectivity index (χ2n) is 5.91. The molecule has 0 saturated carbocycles. The van der Waals surface area contributed by atoms with Crippen molar-refractivity contribution >= 4 is 27.5 Å². The SMILES string of the molecule is CCn1c(=NC(=O)COc2cccc(C)c2)sc2cc3c(cc21)OCO3. The standard InChI is InChI=1S/C19H18N2O4S/c1-3-21-14-8-15-16(25-11-24-15)9-17(14)26-19(21)20-18(22)10-23-13-6-4-5-12(2)7-13/h4-9H,3,10-11H2,1-2H3. The van der Waals surface area contributed by atoms with E-state index in [-0.39, 0.29) is 19.3 Å². The molecule has 2 heterocycles. The summed E-state index contributed by atoms with van der Waals surface area (Å²) in [6.45, 7) is 4.84. The molecule has 1 aromatic heterocycles. The molecule has 0 spiro atoms. The monoisotopic (exact) mass is 370 g/mol. The third-order valence-corrected chi connectivity index (χ3v) is 5.11. The van der Waals surface area contributed by atoms with Gasteiger partial charge in [-0.2, -0.15) is 4.99 Å². The maximum absolute atomic E-state index is 12.3. The lowest BCUT2D eigenvalue weighted by Crippen LogP contribution is -2.18. The van der Waals surface area contributed by atoms with E-state index in [1.54, 1.807) is 0 Å². The van der Waals surface area contributed by atoms with E-state index >= 15 is 0 Å². The summed E-state index contributed by atoms with van der Waals surface area (Å²) in [6.07, 6.45) is 0. The average molecular weight is 370 g/mol. The van der Waals surface area contributed by atoms with Crippen LogP contribution in [0.5, 0.6) is 17.2 Å². The molecule has 0 bridgehead atoms. The first-order chi connectivity index (χ1) is 12.6. The number of aromatic nitrogens is 1. The predicted molar refractivity (Wildman–Crippen MR) is 98.9 cm³/mol. The number of carbonyl (C=O) groups is 1. The molecule has 0 aliphatic carbocycles. The normalized spacial score (nSPS) is 13.4. The second kappa shape index (κ2) is 6.84. The first-order valence-corrected chi connectivity index (χ1v) is 9.15. The van der Waals surface area contributed by atoms with Gasteiger partial charge in [-0.25, -0.2) is 0 Å². The molecule has 1 aliphatic heterocycles. The molecule has 26 heavy (non-hydrogen) atoms. The van der Waals surface area contributed by atoms with Gasteiger partial charge < -0.3 is 18.8 Å². The number of aryl methyl sites for hydroxylation is 2. The Labute approximate surface area is 154 Å². The Kier molecular flexibility index (Phi) is 4.38. The van der Waals surface area contributed by atoms with E-state index in [0.29, 0.717) is 17.1 Å². The Morgan fingerprint density at radius 1 is 1.27 bits per heavy atom. The van der Waals surface area contributed by atoms with Crippen LogP contribution in [0.2, 0.25) is 0 Å². The molecule has 0 radical (unpaired) electrons. The van der Waals surface area contributed by atoms with Crippen LogP contribution in [0, 0.1) is 6.92 Å². The summed E-state index contributed by atoms with van der Waals surface area (Å²) in [4.78, 5) is 17.2. The molecule has 0 unspecified atom stereocenters. The molecule has 4 rings (SSSR count). The Morgan fingerprint density at radius 3 is 2.85 bits per heavy atom. The highest BCUT2D eigenvalue weighted by atomic mass is 32.1. The summed E-state index contributed by atoms with van der Waals surface area (Å²) in [5.41, 5.74) is 2.06. The van der Waals surface area contributed by atoms with Crippen molar-refractivity contribution in [3.05, 3.63) is 46.8 Å². The Morgan fingerprint density at radius 2 is 2.08 bits per heavy atom. The van der Waals surface area contributed by atoms with Crippen molar-refractivity contribution in [3.63, 3.8) is 0 Å². The highest BCUT2D eigenvalue weighted by Crippen LogP contribution is 2.36. The molecule has 0 N–H and O–H groups in total. The summed E-state index contributed by atoms with van der Waals surface area (Å²) >= 11 is 1.45. The molecule has 3 aromatic rings. The molecule has 1 aliphatic rings. The van der Waals surface area contributed by atoms with Crippen LogP contribution in [0.3, 0.4) is 0 Å². The molecule has 1 amide bonds. The molecule has 0 atom stereocenters. The smallest absolute Gasteiger partial charge is 0.286 e. The maximum atomic E-state index is 12.3. The number of ether oxygens (including phenoxy) is 3. The number of hydrogen-bond acceptors (Lipinski definition) is 5. The minimum Gasteiger partial charge on any atom is -0.484 e. The van der Waals surface area contributed by atoms with Crippen molar-refractivity contribution in [2.75, 3.05) is 13.4 Å². The van der Waals surface area contributed by atoms with Gasteiger partial charge in [0, 0.05) is 18.7 Å². The predicted octanol–water partition coefficient (Wildman–Crippen LogP) is 3.27. The number of amides is 1. The molecule has 0 fully saturated rings. The first-order valence-electron chi connectivity index (χ1n) is 8.34. The van der Waals surface area contributed by atoms with Crippen LogP contribution in [0.25, 0.3) is 10.2 Å². The average Bonchev–Trinajstić information content (AvgIpc) is 3.20. The number of rotatable bonds is 4. The van der Waals surface area contributed by atoms with Crippen LogP contribution in [0.4, 0.5) is 0 Å². The van der Waals surface area contributed by atoms with Gasteiger partial charge in [-0.05, 0) is 31.5 Å². The number of thiazole rings is 1. The van der Waals surface area contributed by atoms with E-state index in [1.807, 2.05) is 54.8 Å². The van der Waals surface area contributed by atoms with E-state index in [4.69, 9.17) is 14.2 Å². The van der Waals surface area contributed by atoms with Gasteiger partial charge in [0.15, 0.2) is 22.9 Å². The minimum absolute atomic E-state index is 0.0931. The van der Waals surface area contributed by atoms with E-state index in [9.17, 15) is 4.79 Å². The van der Waals surface area contributed by atoms with Gasteiger partial charge in [-0.15, -0.1) is 0 Å². The molecular weight excluding hydrogens is 352 g/mol. The first kappa shape index (κ1) is 16.7. The molecular formula is C19H18N2O4S. The fourth-order valence-corrected chi connectivity index (χ4v) is 3.96. The van der Waals surface area contributed by atoms with Gasteiger partial charge in [0.2, 0.25) is 6.79 Å². The number of hydrogen-bond donors (Lipinski definition) is 0. The second-order valence-corrected chi connectivity index (χ2v) is 6.92. The van der Waals surface area contributed by atoms with Crippen molar-refractivity contribution in [1.29, 1.82) is 0 Å². The number of benzene rings is 2. The molecule has 7 heteroatoms. The molecule has 2 aromatic carbocycles. The zero-order valence-electron chi connectivity index (χ0n) is 14.5. The van der Waals surface area contributed by atoms with Crippen LogP contribution in [0.15, 0.2) is 41.4 Å². The number of fused-ring (bicyclic) bond motifs is 2. The van der Waals surface area contributed by atoms with Gasteiger partial charge in [-0.3, -0.25) is 4.79 Å². The molecule has 6 nitrogen and oxygen atoms in total. The largest absolute Gasteiger partial charge is 0.484 e. The fourth-order valence-electron chi connectivity index (χ4n) is 2.84. The highest BCUT2D eigenvalue weighted by Gasteiger charge is 2.17. The van der Waals surface area contributed by atoms with Gasteiger partial charge in [0.1, 0.15) is 5.75 Å². The number of nitrogens with zero attached hydrogens (tertiary/aromatic N) is 2. The third-order valence-electron chi connectivity index (χ3n) is 4.07. The van der Waals surface area contributed by atoms with Crippen LogP contribution >= 0.6 is 11.3 Å². The lowest BCUT2D eigenvalue weighted by atomic mass is 10.2. The van der Waals surface area contributed by atoms with E-state index < -0.39 is 0 Å². The lowest BCUT2D eigenvalue weighted by Gasteiger charge is -2.04. The van der Waals surface area contributed by atoms with Crippen LogP contribution < -0.4 is 19.0 Å². The highest BCUT2D eigenvalue weighted by molar-refractivity contribution is 7.16. The number of carbonyl (C=O) groups excluding carboxylic acids is 1. The van der Waals surface area contributed by atoms with Gasteiger partial charge >= 0.3 is 0 Å². The van der Waals surface area contributed by atoms with Crippen molar-refractivity contribution in [3.8, 4) is 17.2 Å². The Hall–Kier alpha value is -2.80. The Balaban J connectivity index is 1.61. The summed E-state index contributed by atoms with van der Waals surface area (Å²) in [5.74, 6) is 1.79. The fraction of sp³-hybridized carbons (Fsp3) is 0.263. The van der Waals surface area contributed by atoms with Gasteiger partial charge in [0.05, 0.1) is 10.2 Å². The lowest BCUT2D eigenvalue weighted by molar-refractivity contribution is -0.120. The molecule has 134 valence electrons.